The number of sulfonamides is 1. The van der Waals surface area contributed by atoms with Gasteiger partial charge in [-0.3, -0.25) is 20.0 Å². The van der Waals surface area contributed by atoms with Crippen molar-refractivity contribution < 1.29 is 13.2 Å². The van der Waals surface area contributed by atoms with Crippen LogP contribution in [0.5, 0.6) is 0 Å². The lowest BCUT2D eigenvalue weighted by atomic mass is 10.1. The van der Waals surface area contributed by atoms with Gasteiger partial charge in [-0.15, -0.1) is 0 Å². The van der Waals surface area contributed by atoms with E-state index in [2.05, 4.69) is 16.2 Å². The van der Waals surface area contributed by atoms with Crippen molar-refractivity contribution in [3.63, 3.8) is 0 Å². The van der Waals surface area contributed by atoms with Crippen LogP contribution in [-0.4, -0.2) is 37.8 Å². The van der Waals surface area contributed by atoms with Crippen LogP contribution in [0.15, 0.2) is 18.2 Å². The fraction of sp³-hybridized carbons (Fsp3) is 0.467. The van der Waals surface area contributed by atoms with Gasteiger partial charge in [0.25, 0.3) is 5.91 Å². The zero-order valence-corrected chi connectivity index (χ0v) is 15.8. The van der Waals surface area contributed by atoms with Gasteiger partial charge in [0.15, 0.2) is 5.11 Å². The average molecular weight is 371 g/mol. The minimum atomic E-state index is -3.29. The Morgan fingerprint density at radius 1 is 1.25 bits per heavy atom. The number of hydrazine groups is 1. The van der Waals surface area contributed by atoms with E-state index in [4.69, 9.17) is 12.2 Å². The molecule has 1 heterocycles. The Labute approximate surface area is 147 Å². The van der Waals surface area contributed by atoms with Crippen LogP contribution in [-0.2, 0) is 16.4 Å². The molecule has 0 atom stereocenters. The lowest BCUT2D eigenvalue weighted by Crippen LogP contribution is -2.52. The summed E-state index contributed by atoms with van der Waals surface area (Å²) in [7, 11) is -3.29. The van der Waals surface area contributed by atoms with Crippen LogP contribution in [0, 0.1) is 0 Å². The summed E-state index contributed by atoms with van der Waals surface area (Å²) in [5.41, 5.74) is 6.88. The van der Waals surface area contributed by atoms with Crippen molar-refractivity contribution in [2.45, 2.75) is 32.7 Å². The number of amides is 1. The van der Waals surface area contributed by atoms with Gasteiger partial charge in [-0.2, -0.15) is 0 Å². The quantitative estimate of drug-likeness (QED) is 0.530. The summed E-state index contributed by atoms with van der Waals surface area (Å²) in [6.45, 7) is 6.27. The van der Waals surface area contributed by atoms with E-state index < -0.39 is 10.0 Å². The highest BCUT2D eigenvalue weighted by molar-refractivity contribution is 7.92. The summed E-state index contributed by atoms with van der Waals surface area (Å²) in [4.78, 5) is 12.2. The number of rotatable bonds is 2. The maximum Gasteiger partial charge on any atom is 0.269 e. The summed E-state index contributed by atoms with van der Waals surface area (Å²) in [5.74, 6) is -0.339. The summed E-state index contributed by atoms with van der Waals surface area (Å²) in [5, 5.41) is 3.34. The van der Waals surface area contributed by atoms with Crippen molar-refractivity contribution in [3.8, 4) is 0 Å². The maximum atomic E-state index is 12.2. The Hall–Kier alpha value is -1.87. The highest BCUT2D eigenvalue weighted by Gasteiger charge is 2.26. The molecule has 1 aromatic carbocycles. The molecule has 0 spiro atoms. The first-order valence-electron chi connectivity index (χ1n) is 7.46. The van der Waals surface area contributed by atoms with Gasteiger partial charge in [-0.05, 0) is 63.2 Å². The normalized spacial score (nSPS) is 14.1. The molecule has 0 radical (unpaired) electrons. The molecule has 0 saturated carbocycles. The first kappa shape index (κ1) is 18.5. The fourth-order valence-electron chi connectivity index (χ4n) is 2.41. The van der Waals surface area contributed by atoms with Gasteiger partial charge < -0.3 is 5.32 Å². The summed E-state index contributed by atoms with van der Waals surface area (Å²) < 4.78 is 24.8. The van der Waals surface area contributed by atoms with E-state index in [-0.39, 0.29) is 11.4 Å². The van der Waals surface area contributed by atoms with Crippen LogP contribution in [0.4, 0.5) is 5.69 Å². The molecular weight excluding hydrogens is 348 g/mol. The number of nitrogens with zero attached hydrogens (tertiary/aromatic N) is 1. The molecule has 7 nitrogen and oxygen atoms in total. The Morgan fingerprint density at radius 2 is 1.92 bits per heavy atom. The monoisotopic (exact) mass is 370 g/mol. The first-order chi connectivity index (χ1) is 11.0. The summed E-state index contributed by atoms with van der Waals surface area (Å²) in [6, 6.07) is 4.96. The Balaban J connectivity index is 2.04. The fourth-order valence-corrected chi connectivity index (χ4v) is 3.73. The molecule has 0 aliphatic carbocycles. The third-order valence-corrected chi connectivity index (χ3v) is 4.76. The SMILES string of the molecule is CC(C)(C)NC(=S)NNC(=O)c1ccc2c(c1)CCN2S(C)(=O)=O. The number of hydrogen-bond acceptors (Lipinski definition) is 4. The van der Waals surface area contributed by atoms with Crippen LogP contribution in [0.1, 0.15) is 36.7 Å². The van der Waals surface area contributed by atoms with Crippen molar-refractivity contribution in [2.24, 2.45) is 0 Å². The lowest BCUT2D eigenvalue weighted by Gasteiger charge is -2.23. The summed E-state index contributed by atoms with van der Waals surface area (Å²) in [6.07, 6.45) is 1.76. The van der Waals surface area contributed by atoms with E-state index in [0.29, 0.717) is 29.3 Å². The van der Waals surface area contributed by atoms with Crippen molar-refractivity contribution in [3.05, 3.63) is 29.3 Å². The van der Waals surface area contributed by atoms with Crippen molar-refractivity contribution >= 4 is 38.9 Å². The molecule has 2 rings (SSSR count). The Kier molecular flexibility index (Phi) is 5.05. The highest BCUT2D eigenvalue weighted by atomic mass is 32.2. The molecule has 0 fully saturated rings. The Bertz CT molecular complexity index is 769. The van der Waals surface area contributed by atoms with Gasteiger partial charge in [0.05, 0.1) is 11.9 Å². The number of thiocarbonyl (C=S) groups is 1. The number of benzene rings is 1. The third-order valence-electron chi connectivity index (χ3n) is 3.37. The van der Waals surface area contributed by atoms with Gasteiger partial charge in [-0.1, -0.05) is 0 Å². The molecule has 1 aliphatic rings. The molecule has 0 bridgehead atoms. The zero-order chi connectivity index (χ0) is 18.1. The topological polar surface area (TPSA) is 90.5 Å². The van der Waals surface area contributed by atoms with Crippen molar-refractivity contribution in [1.82, 2.24) is 16.2 Å². The molecule has 1 aromatic rings. The molecule has 24 heavy (non-hydrogen) atoms. The lowest BCUT2D eigenvalue weighted by molar-refractivity contribution is 0.0943. The van der Waals surface area contributed by atoms with Gasteiger partial charge in [-0.25, -0.2) is 8.42 Å². The smallest absolute Gasteiger partial charge is 0.269 e. The van der Waals surface area contributed by atoms with E-state index in [1.807, 2.05) is 20.8 Å². The minimum Gasteiger partial charge on any atom is -0.357 e. The first-order valence-corrected chi connectivity index (χ1v) is 9.72. The second-order valence-electron chi connectivity index (χ2n) is 6.71. The predicted molar refractivity (Wildman–Crippen MR) is 98.4 cm³/mol. The van der Waals surface area contributed by atoms with Crippen molar-refractivity contribution in [2.75, 3.05) is 17.1 Å². The molecule has 1 aliphatic heterocycles. The molecule has 132 valence electrons. The second kappa shape index (κ2) is 6.56. The van der Waals surface area contributed by atoms with Crippen LogP contribution < -0.4 is 20.5 Å². The highest BCUT2D eigenvalue weighted by Crippen LogP contribution is 2.30. The van der Waals surface area contributed by atoms with Crippen LogP contribution in [0.2, 0.25) is 0 Å². The van der Waals surface area contributed by atoms with E-state index in [9.17, 15) is 13.2 Å². The van der Waals surface area contributed by atoms with E-state index in [0.717, 1.165) is 5.56 Å². The number of nitrogens with one attached hydrogen (secondary N) is 3. The van der Waals surface area contributed by atoms with Gasteiger partial charge in [0.2, 0.25) is 10.0 Å². The maximum absolute atomic E-state index is 12.2. The van der Waals surface area contributed by atoms with Crippen molar-refractivity contribution in [1.29, 1.82) is 0 Å². The number of anilines is 1. The van der Waals surface area contributed by atoms with Gasteiger partial charge >= 0.3 is 0 Å². The molecule has 1 amide bonds. The number of carbonyl (C=O) groups is 1. The largest absolute Gasteiger partial charge is 0.357 e. The average Bonchev–Trinajstić information content (AvgIpc) is 2.85. The summed E-state index contributed by atoms with van der Waals surface area (Å²) >= 11 is 5.10. The van der Waals surface area contributed by atoms with Crippen LogP contribution in [0.3, 0.4) is 0 Å². The second-order valence-corrected chi connectivity index (χ2v) is 9.03. The standard InChI is InChI=1S/C15H22N4O3S2/c1-15(2,3)16-14(23)18-17-13(20)11-5-6-12-10(9-11)7-8-19(12)24(4,21)22/h5-6,9H,7-8H2,1-4H3,(H,17,20)(H2,16,18,23). The zero-order valence-electron chi connectivity index (χ0n) is 14.1. The molecular formula is C15H22N4O3S2. The van der Waals surface area contributed by atoms with E-state index in [1.165, 1.54) is 10.6 Å². The molecule has 0 unspecified atom stereocenters. The molecule has 9 heteroatoms. The van der Waals surface area contributed by atoms with Crippen LogP contribution in [0.25, 0.3) is 0 Å². The predicted octanol–water partition coefficient (Wildman–Crippen LogP) is 0.916. The van der Waals surface area contributed by atoms with E-state index >= 15 is 0 Å². The molecule has 0 aromatic heterocycles. The number of carbonyl (C=O) groups excluding carboxylic acids is 1. The Morgan fingerprint density at radius 3 is 2.50 bits per heavy atom. The molecule has 0 saturated heterocycles. The number of hydrogen-bond donors (Lipinski definition) is 3. The molecule has 3 N–H and O–H groups in total. The van der Waals surface area contributed by atoms with Gasteiger partial charge in [0.1, 0.15) is 0 Å². The minimum absolute atomic E-state index is 0.211. The van der Waals surface area contributed by atoms with Gasteiger partial charge in [0, 0.05) is 17.6 Å². The van der Waals surface area contributed by atoms with Crippen LogP contribution >= 0.6 is 12.2 Å². The number of fused-ring (bicyclic) bond motifs is 1. The van der Waals surface area contributed by atoms with E-state index in [1.54, 1.807) is 18.2 Å². The third kappa shape index (κ3) is 4.57.